The van der Waals surface area contributed by atoms with Crippen LogP contribution in [0.15, 0.2) is 11.8 Å². The average Bonchev–Trinajstić information content (AvgIpc) is 2.75. The van der Waals surface area contributed by atoms with Gasteiger partial charge in [0, 0.05) is 0 Å². The lowest BCUT2D eigenvalue weighted by Gasteiger charge is -2.30. The molecule has 0 saturated carbocycles. The Hall–Kier alpha value is -0.596. The lowest BCUT2D eigenvalue weighted by Crippen LogP contribution is -2.34. The monoisotopic (exact) mass is 542 g/mol. The van der Waals surface area contributed by atoms with Gasteiger partial charge in [-0.3, -0.25) is 4.79 Å². The van der Waals surface area contributed by atoms with Gasteiger partial charge >= 0.3 is 5.97 Å². The molecule has 0 aliphatic heterocycles. The Morgan fingerprint density at radius 3 is 1.61 bits per heavy atom. The number of rotatable bonds is 23. The van der Waals surface area contributed by atoms with Gasteiger partial charge in [-0.25, -0.2) is 0 Å². The molecule has 0 radical (unpaired) electrons. The minimum atomic E-state index is -1.92. The van der Waals surface area contributed by atoms with E-state index in [1.54, 1.807) is 0 Å². The zero-order valence-corrected chi connectivity index (χ0v) is 27.7. The Balaban J connectivity index is 5.47. The molecule has 6 heteroatoms. The first-order valence-corrected chi connectivity index (χ1v) is 22.0. The summed E-state index contributed by atoms with van der Waals surface area (Å²) in [6.45, 7) is 20.1. The second-order valence-corrected chi connectivity index (χ2v) is 21.2. The highest BCUT2D eigenvalue weighted by atomic mass is 28.4. The molecule has 214 valence electrons. The molecule has 0 rings (SSSR count). The summed E-state index contributed by atoms with van der Waals surface area (Å²) in [5.41, 5.74) is 0. The summed E-state index contributed by atoms with van der Waals surface area (Å²) < 4.78 is 18.8. The van der Waals surface area contributed by atoms with Gasteiger partial charge in [-0.2, -0.15) is 0 Å². The van der Waals surface area contributed by atoms with Crippen LogP contribution in [-0.2, 0) is 18.4 Å². The van der Waals surface area contributed by atoms with Crippen LogP contribution in [0.25, 0.3) is 0 Å². The standard InChI is InChI=1S/C30H62O4Si2/c1-10-13-15-17-18-19-20-21-22-24-27(33-35(4,5)6)26-29(34-36(7,8)9)28(30(31)32-12-3)25-23-16-14-11-2/h26-28H,10-25H2,1-9H3. The van der Waals surface area contributed by atoms with Gasteiger partial charge < -0.3 is 13.6 Å². The van der Waals surface area contributed by atoms with Crippen LogP contribution in [0, 0.1) is 5.92 Å². The van der Waals surface area contributed by atoms with Crippen molar-refractivity contribution >= 4 is 22.6 Å². The van der Waals surface area contributed by atoms with Gasteiger partial charge in [0.1, 0.15) is 5.92 Å². The fraction of sp³-hybridized carbons (Fsp3) is 0.900. The molecule has 4 nitrogen and oxygen atoms in total. The topological polar surface area (TPSA) is 44.8 Å². The first-order valence-electron chi connectivity index (χ1n) is 15.2. The molecule has 2 unspecified atom stereocenters. The Bertz CT molecular complexity index is 578. The normalized spacial score (nSPS) is 14.5. The van der Waals surface area contributed by atoms with E-state index in [2.05, 4.69) is 59.2 Å². The Kier molecular flexibility index (Phi) is 20.0. The van der Waals surface area contributed by atoms with Crippen molar-refractivity contribution in [3.8, 4) is 0 Å². The van der Waals surface area contributed by atoms with Crippen molar-refractivity contribution in [3.05, 3.63) is 11.8 Å². The van der Waals surface area contributed by atoms with E-state index in [1.165, 1.54) is 64.2 Å². The summed E-state index contributed by atoms with van der Waals surface area (Å²) in [4.78, 5) is 13.1. The average molecular weight is 543 g/mol. The zero-order valence-electron chi connectivity index (χ0n) is 25.7. The van der Waals surface area contributed by atoms with Crippen LogP contribution < -0.4 is 0 Å². The van der Waals surface area contributed by atoms with Gasteiger partial charge in [0.05, 0.1) is 18.5 Å². The molecular weight excluding hydrogens is 480 g/mol. The lowest BCUT2D eigenvalue weighted by molar-refractivity contribution is -0.147. The molecule has 0 heterocycles. The van der Waals surface area contributed by atoms with Crippen molar-refractivity contribution in [2.45, 2.75) is 162 Å². The van der Waals surface area contributed by atoms with Crippen LogP contribution in [0.3, 0.4) is 0 Å². The Morgan fingerprint density at radius 1 is 0.667 bits per heavy atom. The number of esters is 1. The van der Waals surface area contributed by atoms with Crippen LogP contribution >= 0.6 is 0 Å². The molecule has 0 aliphatic rings. The van der Waals surface area contributed by atoms with E-state index >= 15 is 0 Å². The number of hydrogen-bond acceptors (Lipinski definition) is 4. The predicted molar refractivity (Wildman–Crippen MR) is 161 cm³/mol. The van der Waals surface area contributed by atoms with Crippen molar-refractivity contribution in [3.63, 3.8) is 0 Å². The van der Waals surface area contributed by atoms with Crippen LogP contribution in [0.2, 0.25) is 39.3 Å². The third kappa shape index (κ3) is 20.5. The molecular formula is C30H62O4Si2. The highest BCUT2D eigenvalue weighted by Crippen LogP contribution is 2.28. The van der Waals surface area contributed by atoms with Crippen molar-refractivity contribution in [1.29, 1.82) is 0 Å². The van der Waals surface area contributed by atoms with E-state index in [0.29, 0.717) is 6.61 Å². The number of unbranched alkanes of at least 4 members (excludes halogenated alkanes) is 11. The predicted octanol–water partition coefficient (Wildman–Crippen LogP) is 10.0. The molecule has 0 aliphatic carbocycles. The Morgan fingerprint density at radius 2 is 1.14 bits per heavy atom. The molecule has 0 aromatic carbocycles. The van der Waals surface area contributed by atoms with E-state index in [1.807, 2.05) is 6.92 Å². The third-order valence-corrected chi connectivity index (χ3v) is 7.99. The maximum absolute atomic E-state index is 13.1. The van der Waals surface area contributed by atoms with Gasteiger partial charge in [-0.15, -0.1) is 0 Å². The van der Waals surface area contributed by atoms with E-state index in [0.717, 1.165) is 37.9 Å². The van der Waals surface area contributed by atoms with E-state index < -0.39 is 16.6 Å². The quantitative estimate of drug-likeness (QED) is 0.0557. The molecule has 0 N–H and O–H groups in total. The van der Waals surface area contributed by atoms with Crippen molar-refractivity contribution in [2.24, 2.45) is 5.92 Å². The molecule has 0 spiro atoms. The van der Waals surface area contributed by atoms with Gasteiger partial charge in [-0.1, -0.05) is 97.3 Å². The third-order valence-electron chi connectivity index (χ3n) is 6.13. The SMILES string of the molecule is CCCCCCCCCCCC(C=C(O[Si](C)(C)C)C(CCCCCC)C(=O)OCC)O[Si](C)(C)C. The first-order chi connectivity index (χ1) is 16.9. The zero-order chi connectivity index (χ0) is 27.5. The highest BCUT2D eigenvalue weighted by Gasteiger charge is 2.31. The molecule has 0 aromatic rings. The van der Waals surface area contributed by atoms with Crippen molar-refractivity contribution in [2.75, 3.05) is 6.61 Å². The van der Waals surface area contributed by atoms with Gasteiger partial charge in [-0.05, 0) is 65.1 Å². The summed E-state index contributed by atoms with van der Waals surface area (Å²) in [7, 11) is -3.67. The van der Waals surface area contributed by atoms with Crippen LogP contribution in [0.4, 0.5) is 0 Å². The summed E-state index contributed by atoms with van der Waals surface area (Å²) in [5.74, 6) is 0.334. The molecule has 2 atom stereocenters. The Labute approximate surface area is 227 Å². The fourth-order valence-electron chi connectivity index (χ4n) is 4.44. The van der Waals surface area contributed by atoms with E-state index in [4.69, 9.17) is 13.6 Å². The fourth-order valence-corrected chi connectivity index (χ4v) is 6.45. The minimum absolute atomic E-state index is 0.000129. The van der Waals surface area contributed by atoms with E-state index in [9.17, 15) is 4.79 Å². The highest BCUT2D eigenvalue weighted by molar-refractivity contribution is 6.70. The summed E-state index contributed by atoms with van der Waals surface area (Å²) in [6, 6.07) is 0. The maximum atomic E-state index is 13.1. The summed E-state index contributed by atoms with van der Waals surface area (Å²) in [6.07, 6.45) is 20.3. The second kappa shape index (κ2) is 20.4. The van der Waals surface area contributed by atoms with Crippen LogP contribution in [-0.4, -0.2) is 35.3 Å². The van der Waals surface area contributed by atoms with Gasteiger partial charge in [0.25, 0.3) is 0 Å². The number of hydrogen-bond donors (Lipinski definition) is 0. The van der Waals surface area contributed by atoms with Crippen LogP contribution in [0.5, 0.6) is 0 Å². The maximum Gasteiger partial charge on any atom is 0.316 e. The van der Waals surface area contributed by atoms with Crippen molar-refractivity contribution < 1.29 is 18.4 Å². The van der Waals surface area contributed by atoms with E-state index in [-0.39, 0.29) is 18.0 Å². The number of carbonyl (C=O) groups excluding carboxylic acids is 1. The second-order valence-electron chi connectivity index (χ2n) is 12.3. The first kappa shape index (κ1) is 35.4. The number of carbonyl (C=O) groups is 1. The van der Waals surface area contributed by atoms with Gasteiger partial charge in [0.2, 0.25) is 8.32 Å². The summed E-state index contributed by atoms with van der Waals surface area (Å²) in [5, 5.41) is 0. The molecule has 0 bridgehead atoms. The van der Waals surface area contributed by atoms with Crippen LogP contribution in [0.1, 0.15) is 117 Å². The largest absolute Gasteiger partial charge is 0.547 e. The molecule has 0 amide bonds. The lowest BCUT2D eigenvalue weighted by atomic mass is 9.97. The van der Waals surface area contributed by atoms with Gasteiger partial charge in [0.15, 0.2) is 8.32 Å². The smallest absolute Gasteiger partial charge is 0.316 e. The van der Waals surface area contributed by atoms with Crippen molar-refractivity contribution in [1.82, 2.24) is 0 Å². The molecule has 0 aromatic heterocycles. The molecule has 36 heavy (non-hydrogen) atoms. The molecule has 0 fully saturated rings. The minimum Gasteiger partial charge on any atom is -0.547 e. The number of ether oxygens (including phenoxy) is 1. The molecule has 0 saturated heterocycles. The summed E-state index contributed by atoms with van der Waals surface area (Å²) >= 11 is 0.